The van der Waals surface area contributed by atoms with E-state index in [4.69, 9.17) is 9.15 Å². The monoisotopic (exact) mass is 342 g/mol. The number of furan rings is 1. The SMILES string of the molecule is Cc1cccc(OCC(=O)NC[C@H](c2ccco2)N2CCCC2)c1C. The first-order chi connectivity index (χ1) is 12.1. The van der Waals surface area contributed by atoms with Crippen molar-refractivity contribution in [2.75, 3.05) is 26.2 Å². The molecular formula is C20H26N2O3. The number of likely N-dealkylation sites (tertiary alicyclic amines) is 1. The van der Waals surface area contributed by atoms with Crippen LogP contribution in [0.25, 0.3) is 0 Å². The lowest BCUT2D eigenvalue weighted by Crippen LogP contribution is -2.38. The van der Waals surface area contributed by atoms with Crippen LogP contribution in [0.1, 0.15) is 35.8 Å². The summed E-state index contributed by atoms with van der Waals surface area (Å²) in [4.78, 5) is 14.6. The highest BCUT2D eigenvalue weighted by molar-refractivity contribution is 5.77. The summed E-state index contributed by atoms with van der Waals surface area (Å²) in [5.41, 5.74) is 2.23. The van der Waals surface area contributed by atoms with E-state index in [1.165, 1.54) is 12.8 Å². The van der Waals surface area contributed by atoms with Gasteiger partial charge in [-0.15, -0.1) is 0 Å². The van der Waals surface area contributed by atoms with Crippen LogP contribution in [0.4, 0.5) is 0 Å². The van der Waals surface area contributed by atoms with Gasteiger partial charge in [0.05, 0.1) is 12.3 Å². The van der Waals surface area contributed by atoms with Gasteiger partial charge in [-0.1, -0.05) is 12.1 Å². The van der Waals surface area contributed by atoms with Gasteiger partial charge in [-0.3, -0.25) is 9.69 Å². The normalized spacial score (nSPS) is 15.9. The maximum Gasteiger partial charge on any atom is 0.258 e. The standard InChI is InChI=1S/C20H26N2O3/c1-15-7-5-8-18(16(15)2)25-14-20(23)21-13-17(19-9-6-12-24-19)22-10-3-4-11-22/h5-9,12,17H,3-4,10-11,13-14H2,1-2H3,(H,21,23)/t17-/m1/s1. The minimum absolute atomic E-state index is 0.0230. The van der Waals surface area contributed by atoms with Gasteiger partial charge in [0, 0.05) is 6.54 Å². The molecule has 0 bridgehead atoms. The van der Waals surface area contributed by atoms with E-state index in [0.29, 0.717) is 6.54 Å². The van der Waals surface area contributed by atoms with E-state index in [-0.39, 0.29) is 18.6 Å². The Hall–Kier alpha value is -2.27. The van der Waals surface area contributed by atoms with Crippen molar-refractivity contribution in [1.82, 2.24) is 10.2 Å². The van der Waals surface area contributed by atoms with Crippen LogP contribution >= 0.6 is 0 Å². The van der Waals surface area contributed by atoms with Crippen LogP contribution in [0, 0.1) is 13.8 Å². The van der Waals surface area contributed by atoms with E-state index in [0.717, 1.165) is 35.7 Å². The highest BCUT2D eigenvalue weighted by Gasteiger charge is 2.25. The lowest BCUT2D eigenvalue weighted by molar-refractivity contribution is -0.123. The Labute approximate surface area is 149 Å². The van der Waals surface area contributed by atoms with Crippen LogP contribution in [-0.4, -0.2) is 37.0 Å². The lowest BCUT2D eigenvalue weighted by Gasteiger charge is -2.26. The second kappa shape index (κ2) is 8.21. The van der Waals surface area contributed by atoms with Crippen molar-refractivity contribution >= 4 is 5.91 Å². The molecule has 0 spiro atoms. The summed E-state index contributed by atoms with van der Waals surface area (Å²) in [6, 6.07) is 9.82. The molecule has 0 aliphatic carbocycles. The van der Waals surface area contributed by atoms with E-state index in [1.807, 2.05) is 44.2 Å². The number of amides is 1. The molecule has 0 unspecified atom stereocenters. The summed E-state index contributed by atoms with van der Waals surface area (Å²) in [5, 5.41) is 2.99. The molecule has 1 aliphatic heterocycles. The van der Waals surface area contributed by atoms with E-state index < -0.39 is 0 Å². The van der Waals surface area contributed by atoms with Crippen molar-refractivity contribution in [3.05, 3.63) is 53.5 Å². The number of nitrogens with zero attached hydrogens (tertiary/aromatic N) is 1. The second-order valence-electron chi connectivity index (χ2n) is 6.57. The van der Waals surface area contributed by atoms with Crippen LogP contribution in [0.15, 0.2) is 41.0 Å². The third-order valence-corrected chi connectivity index (χ3v) is 4.86. The van der Waals surface area contributed by atoms with Crippen molar-refractivity contribution in [1.29, 1.82) is 0 Å². The van der Waals surface area contributed by atoms with Crippen molar-refractivity contribution in [3.8, 4) is 5.75 Å². The van der Waals surface area contributed by atoms with Gasteiger partial charge in [0.25, 0.3) is 5.91 Å². The molecule has 25 heavy (non-hydrogen) atoms. The van der Waals surface area contributed by atoms with Gasteiger partial charge in [-0.05, 0) is 69.1 Å². The molecule has 1 N–H and O–H groups in total. The van der Waals surface area contributed by atoms with Crippen molar-refractivity contribution < 1.29 is 13.9 Å². The number of ether oxygens (including phenoxy) is 1. The Balaban J connectivity index is 1.54. The van der Waals surface area contributed by atoms with Crippen molar-refractivity contribution in [2.24, 2.45) is 0 Å². The smallest absolute Gasteiger partial charge is 0.258 e. The molecule has 1 aromatic heterocycles. The van der Waals surface area contributed by atoms with E-state index in [2.05, 4.69) is 10.2 Å². The Morgan fingerprint density at radius 1 is 1.24 bits per heavy atom. The quantitative estimate of drug-likeness (QED) is 0.839. The van der Waals surface area contributed by atoms with Crippen LogP contribution < -0.4 is 10.1 Å². The molecule has 1 fully saturated rings. The van der Waals surface area contributed by atoms with Crippen LogP contribution in [0.3, 0.4) is 0 Å². The van der Waals surface area contributed by atoms with Crippen LogP contribution in [0.5, 0.6) is 5.75 Å². The zero-order valence-corrected chi connectivity index (χ0v) is 15.0. The largest absolute Gasteiger partial charge is 0.483 e. The minimum atomic E-state index is -0.114. The first-order valence-electron chi connectivity index (χ1n) is 8.88. The predicted molar refractivity (Wildman–Crippen MR) is 96.7 cm³/mol. The van der Waals surface area contributed by atoms with Gasteiger partial charge in [0.2, 0.25) is 0 Å². The number of carbonyl (C=O) groups is 1. The lowest BCUT2D eigenvalue weighted by atomic mass is 10.1. The minimum Gasteiger partial charge on any atom is -0.483 e. The maximum absolute atomic E-state index is 12.2. The average molecular weight is 342 g/mol. The number of hydrogen-bond donors (Lipinski definition) is 1. The molecule has 2 aromatic rings. The fourth-order valence-electron chi connectivity index (χ4n) is 3.23. The van der Waals surface area contributed by atoms with Crippen LogP contribution in [-0.2, 0) is 4.79 Å². The fraction of sp³-hybridized carbons (Fsp3) is 0.450. The molecule has 5 nitrogen and oxygen atoms in total. The van der Waals surface area contributed by atoms with E-state index in [9.17, 15) is 4.79 Å². The summed E-state index contributed by atoms with van der Waals surface area (Å²) in [6.45, 7) is 6.67. The van der Waals surface area contributed by atoms with Crippen molar-refractivity contribution in [2.45, 2.75) is 32.7 Å². The first kappa shape index (κ1) is 17.5. The molecule has 1 amide bonds. The molecule has 2 heterocycles. The summed E-state index contributed by atoms with van der Waals surface area (Å²) in [6.07, 6.45) is 4.08. The zero-order valence-electron chi connectivity index (χ0n) is 15.0. The highest BCUT2D eigenvalue weighted by Crippen LogP contribution is 2.25. The van der Waals surface area contributed by atoms with Crippen LogP contribution in [0.2, 0.25) is 0 Å². The molecule has 1 aromatic carbocycles. The summed E-state index contributed by atoms with van der Waals surface area (Å²) < 4.78 is 11.3. The van der Waals surface area contributed by atoms with Crippen molar-refractivity contribution in [3.63, 3.8) is 0 Å². The highest BCUT2D eigenvalue weighted by atomic mass is 16.5. The third kappa shape index (κ3) is 4.42. The summed E-state index contributed by atoms with van der Waals surface area (Å²) >= 11 is 0. The first-order valence-corrected chi connectivity index (χ1v) is 8.88. The fourth-order valence-corrected chi connectivity index (χ4v) is 3.23. The number of benzene rings is 1. The molecule has 134 valence electrons. The average Bonchev–Trinajstić information content (AvgIpc) is 3.30. The second-order valence-corrected chi connectivity index (χ2v) is 6.57. The maximum atomic E-state index is 12.2. The summed E-state index contributed by atoms with van der Waals surface area (Å²) in [5.74, 6) is 1.55. The molecule has 1 saturated heterocycles. The molecule has 5 heteroatoms. The van der Waals surface area contributed by atoms with Gasteiger partial charge >= 0.3 is 0 Å². The molecule has 3 rings (SSSR count). The number of rotatable bonds is 7. The third-order valence-electron chi connectivity index (χ3n) is 4.86. The van der Waals surface area contributed by atoms with Gasteiger partial charge in [-0.25, -0.2) is 0 Å². The molecule has 0 saturated carbocycles. The summed E-state index contributed by atoms with van der Waals surface area (Å²) in [7, 11) is 0. The predicted octanol–water partition coefficient (Wildman–Crippen LogP) is 3.23. The molecule has 0 radical (unpaired) electrons. The number of aryl methyl sites for hydroxylation is 1. The van der Waals surface area contributed by atoms with Gasteiger partial charge in [0.15, 0.2) is 6.61 Å². The molecule has 1 atom stereocenters. The Morgan fingerprint density at radius 2 is 2.04 bits per heavy atom. The van der Waals surface area contributed by atoms with Gasteiger partial charge < -0.3 is 14.5 Å². The Kier molecular flexibility index (Phi) is 5.76. The van der Waals surface area contributed by atoms with Gasteiger partial charge in [-0.2, -0.15) is 0 Å². The zero-order chi connectivity index (χ0) is 17.6. The molecular weight excluding hydrogens is 316 g/mol. The number of carbonyl (C=O) groups excluding carboxylic acids is 1. The number of nitrogens with one attached hydrogen (secondary N) is 1. The van der Waals surface area contributed by atoms with Gasteiger partial charge in [0.1, 0.15) is 11.5 Å². The molecule has 1 aliphatic rings. The number of hydrogen-bond acceptors (Lipinski definition) is 4. The van der Waals surface area contributed by atoms with E-state index in [1.54, 1.807) is 6.26 Å². The van der Waals surface area contributed by atoms with E-state index >= 15 is 0 Å². The Bertz CT molecular complexity index is 691. The Morgan fingerprint density at radius 3 is 2.76 bits per heavy atom. The topological polar surface area (TPSA) is 54.7 Å².